The van der Waals surface area contributed by atoms with Crippen LogP contribution in [0.5, 0.6) is 5.75 Å². The van der Waals surface area contributed by atoms with E-state index in [1.165, 1.54) is 24.3 Å². The lowest BCUT2D eigenvalue weighted by Crippen LogP contribution is -2.55. The molecule has 2 aliphatic rings. The van der Waals surface area contributed by atoms with E-state index in [2.05, 4.69) is 18.7 Å². The van der Waals surface area contributed by atoms with E-state index in [1.54, 1.807) is 0 Å². The maximum atomic E-state index is 12.9. The summed E-state index contributed by atoms with van der Waals surface area (Å²) in [5.74, 6) is 0.173. The molecule has 0 N–H and O–H groups in total. The Morgan fingerprint density at radius 3 is 2.56 bits per heavy atom. The molecule has 0 aliphatic carbocycles. The zero-order valence-corrected chi connectivity index (χ0v) is 16.5. The van der Waals surface area contributed by atoms with Gasteiger partial charge in [0, 0.05) is 25.7 Å². The van der Waals surface area contributed by atoms with Gasteiger partial charge in [-0.3, -0.25) is 4.79 Å². The van der Waals surface area contributed by atoms with Gasteiger partial charge in [0.25, 0.3) is 5.91 Å². The second-order valence-electron chi connectivity index (χ2n) is 7.52. The quantitative estimate of drug-likeness (QED) is 0.763. The molecular weight excluding hydrogens is 347 g/mol. The van der Waals surface area contributed by atoms with Crippen LogP contribution in [0, 0.1) is 5.82 Å². The number of carbonyl (C=O) groups is 1. The van der Waals surface area contributed by atoms with E-state index in [1.807, 2.05) is 4.90 Å². The molecule has 27 heavy (non-hydrogen) atoms. The van der Waals surface area contributed by atoms with Crippen LogP contribution in [0.2, 0.25) is 0 Å². The molecular formula is C21H31FN2O3. The van der Waals surface area contributed by atoms with Crippen molar-refractivity contribution in [3.63, 3.8) is 0 Å². The van der Waals surface area contributed by atoms with Crippen LogP contribution in [0.15, 0.2) is 24.3 Å². The monoisotopic (exact) mass is 378 g/mol. The molecule has 2 saturated heterocycles. The van der Waals surface area contributed by atoms with Crippen molar-refractivity contribution in [2.75, 3.05) is 39.4 Å². The van der Waals surface area contributed by atoms with E-state index in [4.69, 9.17) is 9.47 Å². The first-order valence-corrected chi connectivity index (χ1v) is 10.1. The summed E-state index contributed by atoms with van der Waals surface area (Å²) in [5, 5.41) is 0. The Morgan fingerprint density at radius 2 is 1.93 bits per heavy atom. The number of hydrogen-bond donors (Lipinski definition) is 0. The SMILES string of the molecule is CCN(CC)C1CCOC2(CCN(C(=O)COc3ccc(F)cc3)CC2)C1. The molecule has 1 aromatic carbocycles. The fourth-order valence-electron chi connectivity index (χ4n) is 4.33. The van der Waals surface area contributed by atoms with Crippen LogP contribution in [-0.4, -0.2) is 66.7 Å². The summed E-state index contributed by atoms with van der Waals surface area (Å²) in [7, 11) is 0. The Labute approximate surface area is 161 Å². The largest absolute Gasteiger partial charge is 0.484 e. The van der Waals surface area contributed by atoms with Gasteiger partial charge >= 0.3 is 0 Å². The number of carbonyl (C=O) groups excluding carboxylic acids is 1. The maximum absolute atomic E-state index is 12.9. The molecule has 1 unspecified atom stereocenters. The number of likely N-dealkylation sites (tertiary alicyclic amines) is 1. The molecule has 1 atom stereocenters. The highest BCUT2D eigenvalue weighted by molar-refractivity contribution is 5.77. The fraction of sp³-hybridized carbons (Fsp3) is 0.667. The Balaban J connectivity index is 1.49. The van der Waals surface area contributed by atoms with Gasteiger partial charge in [0.1, 0.15) is 11.6 Å². The van der Waals surface area contributed by atoms with E-state index in [-0.39, 0.29) is 23.9 Å². The van der Waals surface area contributed by atoms with Crippen molar-refractivity contribution >= 4 is 5.91 Å². The third kappa shape index (κ3) is 4.99. The lowest BCUT2D eigenvalue weighted by atomic mass is 9.81. The summed E-state index contributed by atoms with van der Waals surface area (Å²) >= 11 is 0. The molecule has 0 bridgehead atoms. The van der Waals surface area contributed by atoms with Gasteiger partial charge in [-0.15, -0.1) is 0 Å². The summed E-state index contributed by atoms with van der Waals surface area (Å²) in [6, 6.07) is 6.32. The summed E-state index contributed by atoms with van der Waals surface area (Å²) in [4.78, 5) is 16.8. The van der Waals surface area contributed by atoms with Crippen molar-refractivity contribution < 1.29 is 18.7 Å². The van der Waals surface area contributed by atoms with Crippen LogP contribution in [0.1, 0.15) is 39.5 Å². The predicted molar refractivity (Wildman–Crippen MR) is 102 cm³/mol. The van der Waals surface area contributed by atoms with Crippen molar-refractivity contribution in [3.05, 3.63) is 30.1 Å². The fourth-order valence-corrected chi connectivity index (χ4v) is 4.33. The molecule has 150 valence electrons. The average molecular weight is 378 g/mol. The molecule has 0 radical (unpaired) electrons. The molecule has 1 amide bonds. The highest BCUT2D eigenvalue weighted by Crippen LogP contribution is 2.36. The standard InChI is InChI=1S/C21H31FN2O3/c1-3-23(4-2)18-9-14-27-21(15-18)10-12-24(13-11-21)20(25)16-26-19-7-5-17(22)6-8-19/h5-8,18H,3-4,9-16H2,1-2H3. The molecule has 1 aromatic rings. The lowest BCUT2D eigenvalue weighted by molar-refractivity contribution is -0.150. The van der Waals surface area contributed by atoms with Gasteiger partial charge in [-0.25, -0.2) is 4.39 Å². The van der Waals surface area contributed by atoms with E-state index >= 15 is 0 Å². The van der Waals surface area contributed by atoms with Crippen LogP contribution < -0.4 is 4.74 Å². The lowest BCUT2D eigenvalue weighted by Gasteiger charge is -2.48. The molecule has 2 aliphatic heterocycles. The number of amides is 1. The molecule has 0 aromatic heterocycles. The minimum Gasteiger partial charge on any atom is -0.484 e. The first-order valence-electron chi connectivity index (χ1n) is 10.1. The summed E-state index contributed by atoms with van der Waals surface area (Å²) in [6.07, 6.45) is 3.92. The molecule has 6 heteroatoms. The topological polar surface area (TPSA) is 42.0 Å². The molecule has 3 rings (SSSR count). The molecule has 2 fully saturated rings. The van der Waals surface area contributed by atoms with Gasteiger partial charge in [0.15, 0.2) is 6.61 Å². The van der Waals surface area contributed by atoms with Gasteiger partial charge in [-0.1, -0.05) is 13.8 Å². The maximum Gasteiger partial charge on any atom is 0.260 e. The predicted octanol–water partition coefficient (Wildman–Crippen LogP) is 3.09. The normalized spacial score (nSPS) is 22.2. The molecule has 0 saturated carbocycles. The Morgan fingerprint density at radius 1 is 1.26 bits per heavy atom. The number of piperidine rings is 1. The Bertz CT molecular complexity index is 610. The number of rotatable bonds is 6. The second-order valence-corrected chi connectivity index (χ2v) is 7.52. The zero-order valence-electron chi connectivity index (χ0n) is 16.5. The number of benzene rings is 1. The summed E-state index contributed by atoms with van der Waals surface area (Å²) in [6.45, 7) is 8.78. The molecule has 5 nitrogen and oxygen atoms in total. The first-order chi connectivity index (χ1) is 13.0. The highest BCUT2D eigenvalue weighted by Gasteiger charge is 2.42. The van der Waals surface area contributed by atoms with Gasteiger partial charge in [-0.05, 0) is 63.0 Å². The van der Waals surface area contributed by atoms with Gasteiger partial charge in [-0.2, -0.15) is 0 Å². The summed E-state index contributed by atoms with van der Waals surface area (Å²) < 4.78 is 24.6. The van der Waals surface area contributed by atoms with Crippen molar-refractivity contribution in [2.45, 2.75) is 51.2 Å². The van der Waals surface area contributed by atoms with Crippen molar-refractivity contribution in [1.29, 1.82) is 0 Å². The van der Waals surface area contributed by atoms with Crippen LogP contribution in [0.4, 0.5) is 4.39 Å². The smallest absolute Gasteiger partial charge is 0.260 e. The number of ether oxygens (including phenoxy) is 2. The average Bonchev–Trinajstić information content (AvgIpc) is 2.69. The van der Waals surface area contributed by atoms with E-state index in [0.717, 1.165) is 45.4 Å². The third-order valence-corrected chi connectivity index (χ3v) is 6.00. The van der Waals surface area contributed by atoms with Crippen LogP contribution in [0.25, 0.3) is 0 Å². The van der Waals surface area contributed by atoms with Gasteiger partial charge in [0.05, 0.1) is 5.60 Å². The van der Waals surface area contributed by atoms with Crippen molar-refractivity contribution in [1.82, 2.24) is 9.80 Å². The van der Waals surface area contributed by atoms with Crippen molar-refractivity contribution in [2.24, 2.45) is 0 Å². The summed E-state index contributed by atoms with van der Waals surface area (Å²) in [5.41, 5.74) is -0.0832. The first kappa shape index (κ1) is 20.1. The minimum atomic E-state index is -0.314. The second kappa shape index (κ2) is 9.02. The van der Waals surface area contributed by atoms with Crippen LogP contribution in [0.3, 0.4) is 0 Å². The van der Waals surface area contributed by atoms with Crippen molar-refractivity contribution in [3.8, 4) is 5.75 Å². The molecule has 1 spiro atoms. The number of nitrogens with zero attached hydrogens (tertiary/aromatic N) is 2. The number of hydrogen-bond acceptors (Lipinski definition) is 4. The highest BCUT2D eigenvalue weighted by atomic mass is 19.1. The van der Waals surface area contributed by atoms with Gasteiger partial charge in [0.2, 0.25) is 0 Å². The Kier molecular flexibility index (Phi) is 6.71. The van der Waals surface area contributed by atoms with E-state index < -0.39 is 0 Å². The minimum absolute atomic E-state index is 0.0123. The zero-order chi connectivity index (χ0) is 19.3. The molecule has 2 heterocycles. The number of halogens is 1. The Hall–Kier alpha value is -1.66. The van der Waals surface area contributed by atoms with Gasteiger partial charge < -0.3 is 19.3 Å². The van der Waals surface area contributed by atoms with Crippen LogP contribution >= 0.6 is 0 Å². The van der Waals surface area contributed by atoms with Crippen LogP contribution in [-0.2, 0) is 9.53 Å². The van der Waals surface area contributed by atoms with E-state index in [0.29, 0.717) is 24.9 Å². The van der Waals surface area contributed by atoms with E-state index in [9.17, 15) is 9.18 Å². The third-order valence-electron chi connectivity index (χ3n) is 6.00.